The van der Waals surface area contributed by atoms with Crippen LogP contribution in [0.5, 0.6) is 0 Å². The van der Waals surface area contributed by atoms with Gasteiger partial charge in [-0.15, -0.1) is 6.58 Å². The Labute approximate surface area is 106 Å². The van der Waals surface area contributed by atoms with Gasteiger partial charge in [0, 0.05) is 12.6 Å². The third-order valence-electron chi connectivity index (χ3n) is 2.96. The highest BCUT2D eigenvalue weighted by molar-refractivity contribution is 6.05. The molecule has 0 radical (unpaired) electrons. The predicted molar refractivity (Wildman–Crippen MR) is 67.7 cm³/mol. The molecule has 1 aliphatic rings. The molecule has 0 heterocycles. The van der Waals surface area contributed by atoms with Crippen molar-refractivity contribution in [3.8, 4) is 0 Å². The van der Waals surface area contributed by atoms with Crippen LogP contribution in [0.1, 0.15) is 33.6 Å². The number of carbonyl (C=O) groups is 2. The quantitative estimate of drug-likeness (QED) is 0.809. The van der Waals surface area contributed by atoms with E-state index in [1.807, 2.05) is 0 Å². The van der Waals surface area contributed by atoms with Gasteiger partial charge < -0.3 is 10.0 Å². The topological polar surface area (TPSA) is 57.6 Å². The number of benzene rings is 1. The molecule has 0 atom stereocenters. The van der Waals surface area contributed by atoms with E-state index in [0.29, 0.717) is 6.54 Å². The zero-order chi connectivity index (χ0) is 13.1. The van der Waals surface area contributed by atoms with E-state index in [0.717, 1.165) is 12.8 Å². The standard InChI is InChI=1S/C14H15NO3/c1-2-9-15(10-7-8-10)13(16)11-5-3-4-6-12(11)14(17)18/h2-6,10H,1,7-9H2,(H,17,18). The van der Waals surface area contributed by atoms with E-state index in [1.165, 1.54) is 6.07 Å². The van der Waals surface area contributed by atoms with Gasteiger partial charge in [-0.25, -0.2) is 4.79 Å². The van der Waals surface area contributed by atoms with Gasteiger partial charge in [-0.1, -0.05) is 18.2 Å². The largest absolute Gasteiger partial charge is 0.478 e. The van der Waals surface area contributed by atoms with Gasteiger partial charge in [0.1, 0.15) is 0 Å². The Morgan fingerprint density at radius 1 is 1.33 bits per heavy atom. The Bertz CT molecular complexity index is 492. The summed E-state index contributed by atoms with van der Waals surface area (Å²) in [6.45, 7) is 4.09. The second-order valence-corrected chi connectivity index (χ2v) is 4.33. The second kappa shape index (κ2) is 5.04. The van der Waals surface area contributed by atoms with Gasteiger partial charge in [-0.2, -0.15) is 0 Å². The molecule has 1 aromatic carbocycles. The summed E-state index contributed by atoms with van der Waals surface area (Å²) in [4.78, 5) is 25.1. The van der Waals surface area contributed by atoms with Crippen LogP contribution in [0.4, 0.5) is 0 Å². The van der Waals surface area contributed by atoms with E-state index in [-0.39, 0.29) is 23.1 Å². The summed E-state index contributed by atoms with van der Waals surface area (Å²) in [6, 6.07) is 6.55. The Morgan fingerprint density at radius 2 is 1.94 bits per heavy atom. The van der Waals surface area contributed by atoms with Crippen LogP contribution in [0.25, 0.3) is 0 Å². The molecule has 1 saturated carbocycles. The van der Waals surface area contributed by atoms with E-state index < -0.39 is 5.97 Å². The van der Waals surface area contributed by atoms with E-state index in [2.05, 4.69) is 6.58 Å². The Balaban J connectivity index is 2.31. The molecule has 0 aliphatic heterocycles. The molecule has 2 rings (SSSR count). The highest BCUT2D eigenvalue weighted by atomic mass is 16.4. The average molecular weight is 245 g/mol. The molecule has 0 spiro atoms. The van der Waals surface area contributed by atoms with E-state index in [9.17, 15) is 9.59 Å². The molecular formula is C14H15NO3. The summed E-state index contributed by atoms with van der Waals surface area (Å²) in [6.07, 6.45) is 3.63. The van der Waals surface area contributed by atoms with Crippen LogP contribution in [0, 0.1) is 0 Å². The second-order valence-electron chi connectivity index (χ2n) is 4.33. The van der Waals surface area contributed by atoms with Crippen LogP contribution in [0.15, 0.2) is 36.9 Å². The number of nitrogens with zero attached hydrogens (tertiary/aromatic N) is 1. The lowest BCUT2D eigenvalue weighted by Crippen LogP contribution is -2.34. The molecule has 0 saturated heterocycles. The predicted octanol–water partition coefficient (Wildman–Crippen LogP) is 2.18. The van der Waals surface area contributed by atoms with Crippen molar-refractivity contribution in [1.29, 1.82) is 0 Å². The number of hydrogen-bond donors (Lipinski definition) is 1. The zero-order valence-electron chi connectivity index (χ0n) is 10.0. The van der Waals surface area contributed by atoms with Crippen molar-refractivity contribution in [3.05, 3.63) is 48.0 Å². The molecule has 4 nitrogen and oxygen atoms in total. The number of carboxylic acid groups (broad SMARTS) is 1. The van der Waals surface area contributed by atoms with Crippen LogP contribution in [0.3, 0.4) is 0 Å². The first-order valence-corrected chi connectivity index (χ1v) is 5.89. The summed E-state index contributed by atoms with van der Waals surface area (Å²) in [5, 5.41) is 9.09. The molecule has 4 heteroatoms. The Morgan fingerprint density at radius 3 is 2.44 bits per heavy atom. The van der Waals surface area contributed by atoms with Crippen molar-refractivity contribution in [1.82, 2.24) is 4.90 Å². The van der Waals surface area contributed by atoms with Crippen molar-refractivity contribution in [2.24, 2.45) is 0 Å². The lowest BCUT2D eigenvalue weighted by atomic mass is 10.1. The van der Waals surface area contributed by atoms with Crippen LogP contribution >= 0.6 is 0 Å². The van der Waals surface area contributed by atoms with Crippen LogP contribution in [-0.2, 0) is 0 Å². The summed E-state index contributed by atoms with van der Waals surface area (Å²) >= 11 is 0. The minimum Gasteiger partial charge on any atom is -0.478 e. The number of aromatic carboxylic acids is 1. The number of carbonyl (C=O) groups excluding carboxylic acids is 1. The lowest BCUT2D eigenvalue weighted by Gasteiger charge is -2.21. The molecule has 0 bridgehead atoms. The van der Waals surface area contributed by atoms with Gasteiger partial charge in [0.15, 0.2) is 0 Å². The maximum atomic E-state index is 12.4. The Hall–Kier alpha value is -2.10. The minimum atomic E-state index is -1.08. The fourth-order valence-electron chi connectivity index (χ4n) is 1.93. The van der Waals surface area contributed by atoms with Crippen molar-refractivity contribution in [2.75, 3.05) is 6.54 Å². The van der Waals surface area contributed by atoms with Gasteiger partial charge in [-0.05, 0) is 25.0 Å². The average Bonchev–Trinajstić information content (AvgIpc) is 3.19. The monoisotopic (exact) mass is 245 g/mol. The van der Waals surface area contributed by atoms with E-state index in [1.54, 1.807) is 29.2 Å². The molecule has 1 aromatic rings. The Kier molecular flexibility index (Phi) is 3.46. The molecule has 1 N–H and O–H groups in total. The van der Waals surface area contributed by atoms with Gasteiger partial charge >= 0.3 is 5.97 Å². The van der Waals surface area contributed by atoms with Crippen molar-refractivity contribution in [2.45, 2.75) is 18.9 Å². The number of amides is 1. The summed E-state index contributed by atoms with van der Waals surface area (Å²) in [7, 11) is 0. The molecule has 1 aliphatic carbocycles. The van der Waals surface area contributed by atoms with Crippen LogP contribution in [-0.4, -0.2) is 34.5 Å². The highest BCUT2D eigenvalue weighted by Crippen LogP contribution is 2.28. The maximum Gasteiger partial charge on any atom is 0.336 e. The summed E-state index contributed by atoms with van der Waals surface area (Å²) in [5.41, 5.74) is 0.302. The first-order valence-electron chi connectivity index (χ1n) is 5.89. The maximum absolute atomic E-state index is 12.4. The SMILES string of the molecule is C=CCN(C(=O)c1ccccc1C(=O)O)C1CC1. The van der Waals surface area contributed by atoms with Gasteiger partial charge in [0.05, 0.1) is 11.1 Å². The third-order valence-corrected chi connectivity index (χ3v) is 2.96. The summed E-state index contributed by atoms with van der Waals surface area (Å²) in [5.74, 6) is -1.30. The molecule has 1 amide bonds. The van der Waals surface area contributed by atoms with E-state index in [4.69, 9.17) is 5.11 Å². The van der Waals surface area contributed by atoms with E-state index >= 15 is 0 Å². The third kappa shape index (κ3) is 2.42. The van der Waals surface area contributed by atoms with Crippen LogP contribution < -0.4 is 0 Å². The number of hydrogen-bond acceptors (Lipinski definition) is 2. The number of carboxylic acids is 1. The molecule has 0 aromatic heterocycles. The van der Waals surface area contributed by atoms with Crippen molar-refractivity contribution < 1.29 is 14.7 Å². The fourth-order valence-corrected chi connectivity index (χ4v) is 1.93. The summed E-state index contributed by atoms with van der Waals surface area (Å²) < 4.78 is 0. The minimum absolute atomic E-state index is 0.0530. The fraction of sp³-hybridized carbons (Fsp3) is 0.286. The first-order chi connectivity index (χ1) is 8.65. The van der Waals surface area contributed by atoms with Gasteiger partial charge in [0.25, 0.3) is 5.91 Å². The lowest BCUT2D eigenvalue weighted by molar-refractivity contribution is 0.0676. The van der Waals surface area contributed by atoms with Crippen LogP contribution in [0.2, 0.25) is 0 Å². The molecule has 1 fully saturated rings. The zero-order valence-corrected chi connectivity index (χ0v) is 10.0. The normalized spacial score (nSPS) is 14.0. The highest BCUT2D eigenvalue weighted by Gasteiger charge is 2.33. The van der Waals surface area contributed by atoms with Gasteiger partial charge in [0.2, 0.25) is 0 Å². The molecular weight excluding hydrogens is 230 g/mol. The van der Waals surface area contributed by atoms with Gasteiger partial charge in [-0.3, -0.25) is 4.79 Å². The smallest absolute Gasteiger partial charge is 0.336 e. The van der Waals surface area contributed by atoms with Crippen molar-refractivity contribution in [3.63, 3.8) is 0 Å². The van der Waals surface area contributed by atoms with Crippen molar-refractivity contribution >= 4 is 11.9 Å². The number of rotatable bonds is 5. The molecule has 18 heavy (non-hydrogen) atoms. The molecule has 94 valence electrons. The molecule has 0 unspecified atom stereocenters. The first kappa shape index (κ1) is 12.4.